The Morgan fingerprint density at radius 3 is 2.44 bits per heavy atom. The van der Waals surface area contributed by atoms with E-state index in [1.165, 1.54) is 0 Å². The number of benzene rings is 2. The number of amides is 2. The summed E-state index contributed by atoms with van der Waals surface area (Å²) in [5.74, 6) is -0.933. The van der Waals surface area contributed by atoms with E-state index in [-0.39, 0.29) is 23.8 Å². The maximum Gasteiger partial charge on any atom is 0.252 e. The van der Waals surface area contributed by atoms with Crippen LogP contribution in [-0.2, 0) is 11.3 Å². The number of rotatable bonds is 6. The molecule has 1 fully saturated rings. The zero-order chi connectivity index (χ0) is 23.5. The minimum atomic E-state index is -0.356. The Hall–Kier alpha value is -4.00. The third-order valence-corrected chi connectivity index (χ3v) is 6.55. The average Bonchev–Trinajstić information content (AvgIpc) is 3.27. The number of hydrogen-bond donors (Lipinski definition) is 2. The van der Waals surface area contributed by atoms with E-state index in [4.69, 9.17) is 10.7 Å². The fraction of sp³-hybridized carbons (Fsp3) is 0.259. The number of nitrogens with one attached hydrogen (secondary N) is 1. The number of aromatic nitrogens is 3. The Morgan fingerprint density at radius 2 is 1.71 bits per heavy atom. The molecule has 0 bridgehead atoms. The van der Waals surface area contributed by atoms with Crippen molar-refractivity contribution in [1.29, 1.82) is 0 Å². The van der Waals surface area contributed by atoms with Crippen LogP contribution in [0.15, 0.2) is 72.9 Å². The van der Waals surface area contributed by atoms with Crippen molar-refractivity contribution in [3.05, 3.63) is 84.1 Å². The highest BCUT2D eigenvalue weighted by atomic mass is 16.2. The lowest BCUT2D eigenvalue weighted by Crippen LogP contribution is -2.47. The van der Waals surface area contributed by atoms with Crippen molar-refractivity contribution in [3.63, 3.8) is 0 Å². The molecule has 2 aromatic heterocycles. The Labute approximate surface area is 198 Å². The average molecular weight is 454 g/mol. The first-order valence-corrected chi connectivity index (χ1v) is 11.7. The van der Waals surface area contributed by atoms with Gasteiger partial charge in [-0.1, -0.05) is 73.5 Å². The van der Waals surface area contributed by atoms with Crippen molar-refractivity contribution < 1.29 is 9.59 Å². The SMILES string of the molecule is NC(=O)C1CCCCC1NC(=O)c1cc(-c2ccccc2)nc2c1cnn2Cc1ccccc1. The quantitative estimate of drug-likeness (QED) is 0.462. The highest BCUT2D eigenvalue weighted by Gasteiger charge is 2.31. The van der Waals surface area contributed by atoms with Crippen LogP contribution in [0.1, 0.15) is 41.6 Å². The van der Waals surface area contributed by atoms with Crippen LogP contribution >= 0.6 is 0 Å². The van der Waals surface area contributed by atoms with Crippen LogP contribution in [0.5, 0.6) is 0 Å². The van der Waals surface area contributed by atoms with Gasteiger partial charge in [0.15, 0.2) is 5.65 Å². The normalized spacial score (nSPS) is 18.0. The Morgan fingerprint density at radius 1 is 1.00 bits per heavy atom. The van der Waals surface area contributed by atoms with E-state index < -0.39 is 0 Å². The minimum Gasteiger partial charge on any atom is -0.369 e. The molecule has 172 valence electrons. The summed E-state index contributed by atoms with van der Waals surface area (Å²) in [6.07, 6.45) is 5.05. The molecule has 2 amide bonds. The standard InChI is InChI=1S/C27H27N5O2/c28-25(33)20-13-7-8-14-23(20)31-27(34)21-15-24(19-11-5-2-6-12-19)30-26-22(21)16-29-32(26)17-18-9-3-1-4-10-18/h1-6,9-12,15-16,20,23H,7-8,13-14,17H2,(H2,28,33)(H,31,34). The molecular formula is C27H27N5O2. The van der Waals surface area contributed by atoms with E-state index in [0.29, 0.717) is 35.3 Å². The Bertz CT molecular complexity index is 1320. The van der Waals surface area contributed by atoms with Gasteiger partial charge in [-0.3, -0.25) is 9.59 Å². The lowest BCUT2D eigenvalue weighted by atomic mass is 9.84. The van der Waals surface area contributed by atoms with Crippen molar-refractivity contribution in [1.82, 2.24) is 20.1 Å². The van der Waals surface area contributed by atoms with Crippen LogP contribution in [0.2, 0.25) is 0 Å². The van der Waals surface area contributed by atoms with Crippen LogP contribution in [0.3, 0.4) is 0 Å². The first-order chi connectivity index (χ1) is 16.6. The van der Waals surface area contributed by atoms with Crippen molar-refractivity contribution in [2.45, 2.75) is 38.3 Å². The molecule has 34 heavy (non-hydrogen) atoms. The van der Waals surface area contributed by atoms with Gasteiger partial charge in [0.25, 0.3) is 5.91 Å². The van der Waals surface area contributed by atoms with E-state index in [0.717, 1.165) is 30.4 Å². The Balaban J connectivity index is 1.56. The van der Waals surface area contributed by atoms with Gasteiger partial charge in [0.2, 0.25) is 5.91 Å². The van der Waals surface area contributed by atoms with Crippen LogP contribution in [0, 0.1) is 5.92 Å². The molecule has 0 spiro atoms. The molecule has 5 rings (SSSR count). The highest BCUT2D eigenvalue weighted by Crippen LogP contribution is 2.28. The van der Waals surface area contributed by atoms with Crippen molar-refractivity contribution >= 4 is 22.8 Å². The molecule has 7 heteroatoms. The smallest absolute Gasteiger partial charge is 0.252 e. The molecule has 0 aliphatic heterocycles. The molecule has 2 atom stereocenters. The molecule has 1 aliphatic carbocycles. The van der Waals surface area contributed by atoms with Crippen LogP contribution in [-0.4, -0.2) is 32.6 Å². The van der Waals surface area contributed by atoms with Crippen molar-refractivity contribution in [3.8, 4) is 11.3 Å². The topological polar surface area (TPSA) is 103 Å². The van der Waals surface area contributed by atoms with Gasteiger partial charge in [0, 0.05) is 11.6 Å². The second kappa shape index (κ2) is 9.47. The number of nitrogens with two attached hydrogens (primary N) is 1. The number of carbonyl (C=O) groups is 2. The van der Waals surface area contributed by atoms with E-state index in [9.17, 15) is 9.59 Å². The molecule has 2 heterocycles. The molecular weight excluding hydrogens is 426 g/mol. The molecule has 2 aromatic carbocycles. The van der Waals surface area contributed by atoms with E-state index in [1.54, 1.807) is 6.20 Å². The summed E-state index contributed by atoms with van der Waals surface area (Å²) < 4.78 is 1.82. The van der Waals surface area contributed by atoms with Crippen molar-refractivity contribution in [2.24, 2.45) is 11.7 Å². The molecule has 0 radical (unpaired) electrons. The second-order valence-corrected chi connectivity index (χ2v) is 8.82. The maximum absolute atomic E-state index is 13.5. The zero-order valence-electron chi connectivity index (χ0n) is 18.9. The summed E-state index contributed by atoms with van der Waals surface area (Å²) in [4.78, 5) is 30.4. The first kappa shape index (κ1) is 21.8. The molecule has 1 saturated carbocycles. The number of hydrogen-bond acceptors (Lipinski definition) is 4. The van der Waals surface area contributed by atoms with Crippen molar-refractivity contribution in [2.75, 3.05) is 0 Å². The number of nitrogens with zero attached hydrogens (tertiary/aromatic N) is 3. The van der Waals surface area contributed by atoms with Gasteiger partial charge in [0.05, 0.1) is 35.3 Å². The summed E-state index contributed by atoms with van der Waals surface area (Å²) in [7, 11) is 0. The van der Waals surface area contributed by atoms with Gasteiger partial charge in [-0.15, -0.1) is 0 Å². The second-order valence-electron chi connectivity index (χ2n) is 8.82. The van der Waals surface area contributed by atoms with Crippen LogP contribution in [0.4, 0.5) is 0 Å². The summed E-state index contributed by atoms with van der Waals surface area (Å²) >= 11 is 0. The maximum atomic E-state index is 13.5. The van der Waals surface area contributed by atoms with E-state index >= 15 is 0 Å². The fourth-order valence-corrected chi connectivity index (χ4v) is 4.75. The van der Waals surface area contributed by atoms with Gasteiger partial charge < -0.3 is 11.1 Å². The summed E-state index contributed by atoms with van der Waals surface area (Å²) in [6.45, 7) is 0.545. The van der Waals surface area contributed by atoms with E-state index in [2.05, 4.69) is 10.4 Å². The van der Waals surface area contributed by atoms with Gasteiger partial charge in [-0.05, 0) is 24.5 Å². The van der Waals surface area contributed by atoms with Gasteiger partial charge >= 0.3 is 0 Å². The molecule has 0 saturated heterocycles. The lowest BCUT2D eigenvalue weighted by molar-refractivity contribution is -0.123. The van der Waals surface area contributed by atoms with Gasteiger partial charge in [0.1, 0.15) is 0 Å². The number of primary amides is 1. The third-order valence-electron chi connectivity index (χ3n) is 6.55. The molecule has 7 nitrogen and oxygen atoms in total. The zero-order valence-corrected chi connectivity index (χ0v) is 18.9. The minimum absolute atomic E-state index is 0.234. The number of carbonyl (C=O) groups excluding carboxylic acids is 2. The predicted molar refractivity (Wildman–Crippen MR) is 131 cm³/mol. The summed E-state index contributed by atoms with van der Waals surface area (Å²) in [5, 5.41) is 8.33. The lowest BCUT2D eigenvalue weighted by Gasteiger charge is -2.30. The van der Waals surface area contributed by atoms with E-state index in [1.807, 2.05) is 71.4 Å². The number of pyridine rings is 1. The molecule has 4 aromatic rings. The highest BCUT2D eigenvalue weighted by molar-refractivity contribution is 6.06. The molecule has 3 N–H and O–H groups in total. The van der Waals surface area contributed by atoms with Crippen LogP contribution in [0.25, 0.3) is 22.3 Å². The van der Waals surface area contributed by atoms with Gasteiger partial charge in [-0.25, -0.2) is 9.67 Å². The fourth-order valence-electron chi connectivity index (χ4n) is 4.75. The predicted octanol–water partition coefficient (Wildman–Crippen LogP) is 3.92. The Kier molecular flexibility index (Phi) is 6.08. The third kappa shape index (κ3) is 4.41. The first-order valence-electron chi connectivity index (χ1n) is 11.7. The number of fused-ring (bicyclic) bond motifs is 1. The summed E-state index contributed by atoms with van der Waals surface area (Å²) in [6, 6.07) is 21.4. The molecule has 1 aliphatic rings. The summed E-state index contributed by atoms with van der Waals surface area (Å²) in [5.41, 5.74) is 9.47. The monoisotopic (exact) mass is 453 g/mol. The van der Waals surface area contributed by atoms with Crippen LogP contribution < -0.4 is 11.1 Å². The largest absolute Gasteiger partial charge is 0.369 e. The molecule has 2 unspecified atom stereocenters. The van der Waals surface area contributed by atoms with Gasteiger partial charge in [-0.2, -0.15) is 5.10 Å².